The first kappa shape index (κ1) is 22.8. The van der Waals surface area contributed by atoms with Crippen molar-refractivity contribution in [1.82, 2.24) is 14.9 Å². The van der Waals surface area contributed by atoms with Gasteiger partial charge in [-0.05, 0) is 67.2 Å². The molecule has 168 valence electrons. The smallest absolute Gasteiger partial charge is 0.410 e. The van der Waals surface area contributed by atoms with Gasteiger partial charge in [0.15, 0.2) is 5.82 Å². The first-order valence-electron chi connectivity index (χ1n) is 10.2. The van der Waals surface area contributed by atoms with E-state index in [1.54, 1.807) is 11.0 Å². The maximum absolute atomic E-state index is 14.8. The first-order valence-corrected chi connectivity index (χ1v) is 11.8. The topological polar surface area (TPSA) is 58.6 Å². The summed E-state index contributed by atoms with van der Waals surface area (Å²) < 4.78 is 20.5. The van der Waals surface area contributed by atoms with Gasteiger partial charge in [-0.3, -0.25) is 0 Å². The minimum Gasteiger partial charge on any atom is -0.444 e. The van der Waals surface area contributed by atoms with Gasteiger partial charge in [0.05, 0.1) is 9.50 Å². The average Bonchev–Trinajstić information content (AvgIpc) is 2.87. The Hall–Kier alpha value is -1.38. The van der Waals surface area contributed by atoms with Crippen LogP contribution in [0.2, 0.25) is 10.3 Å². The van der Waals surface area contributed by atoms with Crippen LogP contribution in [0.3, 0.4) is 0 Å². The summed E-state index contributed by atoms with van der Waals surface area (Å²) in [6.45, 7) is 8.27. The molecule has 31 heavy (non-hydrogen) atoms. The lowest BCUT2D eigenvalue weighted by Gasteiger charge is -2.51. The number of benzene rings is 1. The Morgan fingerprint density at radius 1 is 1.23 bits per heavy atom. The van der Waals surface area contributed by atoms with Crippen LogP contribution < -0.4 is 4.90 Å². The van der Waals surface area contributed by atoms with Gasteiger partial charge in [-0.25, -0.2) is 14.2 Å². The summed E-state index contributed by atoms with van der Waals surface area (Å²) in [7, 11) is 0. The van der Waals surface area contributed by atoms with E-state index in [0.717, 1.165) is 25.8 Å². The molecule has 3 heterocycles. The molecule has 0 bridgehead atoms. The number of hydrogen-bond acceptors (Lipinski definition) is 5. The highest BCUT2D eigenvalue weighted by Crippen LogP contribution is 2.42. The Kier molecular flexibility index (Phi) is 6.03. The second-order valence-corrected chi connectivity index (χ2v) is 11.0. The van der Waals surface area contributed by atoms with Crippen molar-refractivity contribution in [3.05, 3.63) is 26.7 Å². The van der Waals surface area contributed by atoms with Crippen molar-refractivity contribution >= 4 is 61.9 Å². The van der Waals surface area contributed by atoms with Gasteiger partial charge in [0.25, 0.3) is 0 Å². The fraction of sp³-hybridized carbons (Fsp3) is 0.571. The lowest BCUT2D eigenvalue weighted by molar-refractivity contribution is -0.0336. The fourth-order valence-corrected chi connectivity index (χ4v) is 5.05. The van der Waals surface area contributed by atoms with Crippen molar-refractivity contribution in [2.24, 2.45) is 5.41 Å². The van der Waals surface area contributed by atoms with Crippen LogP contribution in [0.4, 0.5) is 15.0 Å². The number of anilines is 1. The van der Waals surface area contributed by atoms with E-state index in [9.17, 15) is 9.18 Å². The van der Waals surface area contributed by atoms with Crippen molar-refractivity contribution in [1.29, 1.82) is 0 Å². The Morgan fingerprint density at radius 2 is 1.94 bits per heavy atom. The molecule has 10 heteroatoms. The third-order valence-corrected chi connectivity index (χ3v) is 7.17. The Labute approximate surface area is 199 Å². The van der Waals surface area contributed by atoms with Crippen LogP contribution in [0.5, 0.6) is 0 Å². The van der Waals surface area contributed by atoms with E-state index in [2.05, 4.69) is 30.8 Å². The summed E-state index contributed by atoms with van der Waals surface area (Å²) in [5.74, 6) is 0.0117. The molecule has 0 atom stereocenters. The van der Waals surface area contributed by atoms with Crippen LogP contribution in [0.25, 0.3) is 10.9 Å². The number of rotatable bonds is 1. The van der Waals surface area contributed by atoms with E-state index in [-0.39, 0.29) is 31.8 Å². The molecule has 1 amide bonds. The molecule has 0 N–H and O–H groups in total. The second kappa shape index (κ2) is 8.19. The third kappa shape index (κ3) is 4.57. The number of likely N-dealkylation sites (tertiary alicyclic amines) is 1. The zero-order valence-electron chi connectivity index (χ0n) is 17.6. The molecule has 2 aromatic rings. The SMILES string of the molecule is CC(C)(C)OC(=O)N1CC2(CCCCN(c3nc(Cl)nc4c(F)c(Br)c(Cl)cc34)C2)C1. The molecule has 2 aliphatic heterocycles. The van der Waals surface area contributed by atoms with Crippen LogP contribution in [-0.2, 0) is 4.74 Å². The minimum atomic E-state index is -0.558. The van der Waals surface area contributed by atoms with Crippen LogP contribution >= 0.6 is 39.1 Å². The second-order valence-electron chi connectivity index (χ2n) is 9.41. The fourth-order valence-electron chi connectivity index (χ4n) is 4.39. The van der Waals surface area contributed by atoms with E-state index < -0.39 is 11.4 Å². The summed E-state index contributed by atoms with van der Waals surface area (Å²) in [6, 6.07) is 1.67. The van der Waals surface area contributed by atoms with Crippen molar-refractivity contribution in [2.45, 2.75) is 45.6 Å². The molecule has 4 rings (SSSR count). The van der Waals surface area contributed by atoms with E-state index in [0.29, 0.717) is 30.8 Å². The van der Waals surface area contributed by atoms with E-state index in [1.807, 2.05) is 20.8 Å². The number of ether oxygens (including phenoxy) is 1. The lowest BCUT2D eigenvalue weighted by atomic mass is 9.76. The molecule has 1 aromatic carbocycles. The van der Waals surface area contributed by atoms with Crippen LogP contribution in [0.15, 0.2) is 10.5 Å². The predicted molar refractivity (Wildman–Crippen MR) is 124 cm³/mol. The molecule has 2 aliphatic rings. The molecular weight excluding hydrogens is 510 g/mol. The molecule has 0 saturated carbocycles. The monoisotopic (exact) mass is 532 g/mol. The number of amides is 1. The maximum atomic E-state index is 14.8. The van der Waals surface area contributed by atoms with Crippen LogP contribution in [-0.4, -0.2) is 52.7 Å². The van der Waals surface area contributed by atoms with Crippen LogP contribution in [0, 0.1) is 11.2 Å². The Morgan fingerprint density at radius 3 is 2.61 bits per heavy atom. The van der Waals surface area contributed by atoms with Gasteiger partial charge in [0, 0.05) is 37.0 Å². The minimum absolute atomic E-state index is 0.0158. The Bertz CT molecular complexity index is 1040. The molecule has 0 aliphatic carbocycles. The standard InChI is InChI=1S/C21H24BrCl2FN4O2/c1-20(2,3)31-19(30)29-10-21(11-29)6-4-5-7-28(9-21)17-12-8-13(23)14(22)15(25)16(12)26-18(24)27-17/h8H,4-7,9-11H2,1-3H3. The maximum Gasteiger partial charge on any atom is 0.410 e. The first-order chi connectivity index (χ1) is 14.5. The number of hydrogen-bond donors (Lipinski definition) is 0. The van der Waals surface area contributed by atoms with Crippen LogP contribution in [0.1, 0.15) is 40.0 Å². The average molecular weight is 534 g/mol. The zero-order chi connectivity index (χ0) is 22.6. The lowest BCUT2D eigenvalue weighted by Crippen LogP contribution is -2.62. The highest BCUT2D eigenvalue weighted by Gasteiger charge is 2.48. The predicted octanol–water partition coefficient (Wildman–Crippen LogP) is 6.07. The molecule has 2 saturated heterocycles. The summed E-state index contributed by atoms with van der Waals surface area (Å²) in [5.41, 5.74) is -0.452. The molecule has 1 spiro atoms. The highest BCUT2D eigenvalue weighted by molar-refractivity contribution is 9.10. The molecule has 6 nitrogen and oxygen atoms in total. The van der Waals surface area contributed by atoms with Crippen molar-refractivity contribution in [3.8, 4) is 0 Å². The van der Waals surface area contributed by atoms with Gasteiger partial charge >= 0.3 is 6.09 Å². The van der Waals surface area contributed by atoms with Gasteiger partial charge in [0.2, 0.25) is 5.28 Å². The van der Waals surface area contributed by atoms with Gasteiger partial charge in [-0.15, -0.1) is 0 Å². The highest BCUT2D eigenvalue weighted by atomic mass is 79.9. The summed E-state index contributed by atoms with van der Waals surface area (Å²) in [5, 5.41) is 0.759. The number of aromatic nitrogens is 2. The van der Waals surface area contributed by atoms with Crippen molar-refractivity contribution < 1.29 is 13.9 Å². The molecule has 0 unspecified atom stereocenters. The summed E-state index contributed by atoms with van der Waals surface area (Å²) in [6.07, 6.45) is 2.71. The molecule has 0 radical (unpaired) electrons. The van der Waals surface area contributed by atoms with E-state index in [4.69, 9.17) is 27.9 Å². The number of fused-ring (bicyclic) bond motifs is 1. The normalized spacial score (nSPS) is 18.8. The van der Waals surface area contributed by atoms with E-state index >= 15 is 0 Å². The number of carbonyl (C=O) groups is 1. The van der Waals surface area contributed by atoms with Crippen molar-refractivity contribution in [3.63, 3.8) is 0 Å². The Balaban J connectivity index is 1.63. The molecular formula is C21H24BrCl2FN4O2. The summed E-state index contributed by atoms with van der Waals surface area (Å²) in [4.78, 5) is 24.8. The van der Waals surface area contributed by atoms with Gasteiger partial charge in [0.1, 0.15) is 16.9 Å². The largest absolute Gasteiger partial charge is 0.444 e. The van der Waals surface area contributed by atoms with Gasteiger partial charge in [-0.1, -0.05) is 18.0 Å². The number of nitrogens with zero attached hydrogens (tertiary/aromatic N) is 4. The number of carbonyl (C=O) groups excluding carboxylic acids is 1. The van der Waals surface area contributed by atoms with Crippen molar-refractivity contribution in [2.75, 3.05) is 31.1 Å². The molecule has 1 aromatic heterocycles. The summed E-state index contributed by atoms with van der Waals surface area (Å²) >= 11 is 15.5. The quantitative estimate of drug-likeness (QED) is 0.329. The van der Waals surface area contributed by atoms with E-state index in [1.165, 1.54) is 0 Å². The molecule has 2 fully saturated rings. The third-order valence-electron chi connectivity index (χ3n) is 5.69. The van der Waals surface area contributed by atoms with Gasteiger partial charge in [-0.2, -0.15) is 4.98 Å². The number of halogens is 4. The van der Waals surface area contributed by atoms with Gasteiger partial charge < -0.3 is 14.5 Å². The zero-order valence-corrected chi connectivity index (χ0v) is 20.7.